The quantitative estimate of drug-likeness (QED) is 0.777. The Kier molecular flexibility index (Phi) is 4.18. The van der Waals surface area contributed by atoms with Crippen molar-refractivity contribution in [2.24, 2.45) is 0 Å². The van der Waals surface area contributed by atoms with Crippen LogP contribution in [-0.2, 0) is 13.0 Å². The number of rotatable bonds is 3. The second-order valence-corrected chi connectivity index (χ2v) is 6.91. The lowest BCUT2D eigenvalue weighted by atomic mass is 10.1. The standard InChI is InChI=1S/C21H21N3O3/c1-3-24-20(26)16-10-8-14(12-17(16)22-21(24)27)19(25)23(2)18-11-9-13-6-4-5-7-15(13)18/h4-8,10,12,18H,3,9,11H2,1-2H3,(H,22,27). The SMILES string of the molecule is CCn1c(=O)[nH]c2cc(C(=O)N(C)C3CCc4ccccc43)ccc2c1=O. The summed E-state index contributed by atoms with van der Waals surface area (Å²) in [5, 5.41) is 0.405. The zero-order valence-electron chi connectivity index (χ0n) is 15.4. The molecule has 1 aromatic heterocycles. The molecule has 138 valence electrons. The molecule has 6 heteroatoms. The van der Waals surface area contributed by atoms with Crippen molar-refractivity contribution in [3.63, 3.8) is 0 Å². The molecular formula is C21H21N3O3. The maximum atomic E-state index is 13.0. The van der Waals surface area contributed by atoms with Gasteiger partial charge >= 0.3 is 5.69 Å². The van der Waals surface area contributed by atoms with Gasteiger partial charge in [-0.1, -0.05) is 24.3 Å². The minimum atomic E-state index is -0.460. The number of benzene rings is 2. The second kappa shape index (κ2) is 6.54. The van der Waals surface area contributed by atoms with E-state index in [1.807, 2.05) is 12.1 Å². The fraction of sp³-hybridized carbons (Fsp3) is 0.286. The smallest absolute Gasteiger partial charge is 0.328 e. The summed E-state index contributed by atoms with van der Waals surface area (Å²) in [5.41, 5.74) is 2.52. The molecule has 0 radical (unpaired) electrons. The lowest BCUT2D eigenvalue weighted by Crippen LogP contribution is -2.34. The van der Waals surface area contributed by atoms with Crippen molar-refractivity contribution < 1.29 is 4.79 Å². The van der Waals surface area contributed by atoms with Gasteiger partial charge in [0, 0.05) is 19.2 Å². The van der Waals surface area contributed by atoms with Gasteiger partial charge in [-0.15, -0.1) is 0 Å². The number of aromatic nitrogens is 2. The molecule has 1 atom stereocenters. The molecule has 1 heterocycles. The summed E-state index contributed by atoms with van der Waals surface area (Å²) in [6, 6.07) is 13.1. The van der Waals surface area contributed by atoms with Gasteiger partial charge in [-0.3, -0.25) is 14.2 Å². The highest BCUT2D eigenvalue weighted by Crippen LogP contribution is 2.35. The van der Waals surface area contributed by atoms with Crippen LogP contribution < -0.4 is 11.2 Å². The maximum absolute atomic E-state index is 13.0. The van der Waals surface area contributed by atoms with Crippen LogP contribution in [-0.4, -0.2) is 27.4 Å². The van der Waals surface area contributed by atoms with Gasteiger partial charge in [0.05, 0.1) is 16.9 Å². The Bertz CT molecular complexity index is 1160. The Morgan fingerprint density at radius 2 is 2.00 bits per heavy atom. The van der Waals surface area contributed by atoms with E-state index < -0.39 is 5.69 Å². The monoisotopic (exact) mass is 363 g/mol. The van der Waals surface area contributed by atoms with Gasteiger partial charge in [0.25, 0.3) is 11.5 Å². The molecule has 1 unspecified atom stereocenters. The van der Waals surface area contributed by atoms with E-state index in [0.717, 1.165) is 17.4 Å². The molecule has 1 aliphatic rings. The van der Waals surface area contributed by atoms with Gasteiger partial charge in [0.1, 0.15) is 0 Å². The van der Waals surface area contributed by atoms with Crippen LogP contribution in [0.4, 0.5) is 0 Å². The normalized spacial score (nSPS) is 15.7. The summed E-state index contributed by atoms with van der Waals surface area (Å²) in [4.78, 5) is 41.9. The van der Waals surface area contributed by atoms with E-state index in [0.29, 0.717) is 23.0 Å². The molecule has 3 aromatic rings. The third-order valence-electron chi connectivity index (χ3n) is 5.43. The van der Waals surface area contributed by atoms with Crippen LogP contribution in [0.1, 0.15) is 40.9 Å². The van der Waals surface area contributed by atoms with E-state index in [9.17, 15) is 14.4 Å². The molecule has 2 aromatic carbocycles. The highest BCUT2D eigenvalue weighted by molar-refractivity contribution is 5.97. The molecule has 0 bridgehead atoms. The molecule has 0 saturated heterocycles. The van der Waals surface area contributed by atoms with Crippen molar-refractivity contribution in [1.82, 2.24) is 14.5 Å². The number of nitrogens with one attached hydrogen (secondary N) is 1. The van der Waals surface area contributed by atoms with E-state index in [1.165, 1.54) is 11.1 Å². The first-order valence-corrected chi connectivity index (χ1v) is 9.13. The minimum absolute atomic E-state index is 0.0385. The summed E-state index contributed by atoms with van der Waals surface area (Å²) in [6.45, 7) is 2.05. The van der Waals surface area contributed by atoms with Crippen LogP contribution in [0.25, 0.3) is 10.9 Å². The van der Waals surface area contributed by atoms with Crippen molar-refractivity contribution in [2.75, 3.05) is 7.05 Å². The van der Waals surface area contributed by atoms with Crippen LogP contribution >= 0.6 is 0 Å². The first-order valence-electron chi connectivity index (χ1n) is 9.13. The summed E-state index contributed by atoms with van der Waals surface area (Å²) in [5.74, 6) is -0.126. The summed E-state index contributed by atoms with van der Waals surface area (Å²) >= 11 is 0. The molecule has 4 rings (SSSR count). The fourth-order valence-electron chi connectivity index (χ4n) is 3.96. The molecule has 27 heavy (non-hydrogen) atoms. The average molecular weight is 363 g/mol. The number of carbonyl (C=O) groups excluding carboxylic acids is 1. The van der Waals surface area contributed by atoms with Gasteiger partial charge in [-0.05, 0) is 49.1 Å². The molecule has 0 fully saturated rings. The van der Waals surface area contributed by atoms with Crippen LogP contribution in [0.15, 0.2) is 52.1 Å². The highest BCUT2D eigenvalue weighted by atomic mass is 16.2. The number of carbonyl (C=O) groups is 1. The highest BCUT2D eigenvalue weighted by Gasteiger charge is 2.29. The molecule has 0 saturated carbocycles. The number of hydrogen-bond acceptors (Lipinski definition) is 3. The van der Waals surface area contributed by atoms with Crippen LogP contribution in [0.2, 0.25) is 0 Å². The van der Waals surface area contributed by atoms with E-state index >= 15 is 0 Å². The fourth-order valence-corrected chi connectivity index (χ4v) is 3.96. The van der Waals surface area contributed by atoms with E-state index in [1.54, 1.807) is 37.1 Å². The molecule has 1 aliphatic carbocycles. The summed E-state index contributed by atoms with van der Waals surface area (Å²) in [7, 11) is 1.80. The molecular weight excluding hydrogens is 342 g/mol. The number of nitrogens with zero attached hydrogens (tertiary/aromatic N) is 2. The van der Waals surface area contributed by atoms with Crippen LogP contribution in [0.3, 0.4) is 0 Å². The number of fused-ring (bicyclic) bond motifs is 2. The number of aryl methyl sites for hydroxylation is 1. The van der Waals surface area contributed by atoms with E-state index in [2.05, 4.69) is 17.1 Å². The average Bonchev–Trinajstić information content (AvgIpc) is 3.11. The molecule has 6 nitrogen and oxygen atoms in total. The second-order valence-electron chi connectivity index (χ2n) is 6.91. The molecule has 1 N–H and O–H groups in total. The first-order chi connectivity index (χ1) is 13.0. The summed E-state index contributed by atoms with van der Waals surface area (Å²) < 4.78 is 1.14. The Morgan fingerprint density at radius 1 is 1.22 bits per heavy atom. The lowest BCUT2D eigenvalue weighted by molar-refractivity contribution is 0.0730. The van der Waals surface area contributed by atoms with E-state index in [-0.39, 0.29) is 17.5 Å². The van der Waals surface area contributed by atoms with Gasteiger partial charge < -0.3 is 9.88 Å². The van der Waals surface area contributed by atoms with Crippen molar-refractivity contribution in [3.8, 4) is 0 Å². The molecule has 0 spiro atoms. The summed E-state index contributed by atoms with van der Waals surface area (Å²) in [6.07, 6.45) is 1.85. The molecule has 0 aliphatic heterocycles. The largest absolute Gasteiger partial charge is 0.335 e. The van der Waals surface area contributed by atoms with Gasteiger partial charge in [-0.25, -0.2) is 4.79 Å². The van der Waals surface area contributed by atoms with Crippen molar-refractivity contribution in [2.45, 2.75) is 32.4 Å². The Morgan fingerprint density at radius 3 is 2.78 bits per heavy atom. The number of H-pyrrole nitrogens is 1. The number of aromatic amines is 1. The molecule has 1 amide bonds. The van der Waals surface area contributed by atoms with Gasteiger partial charge in [0.2, 0.25) is 0 Å². The Balaban J connectivity index is 1.71. The maximum Gasteiger partial charge on any atom is 0.328 e. The third kappa shape index (κ3) is 2.77. The zero-order valence-corrected chi connectivity index (χ0v) is 15.4. The van der Waals surface area contributed by atoms with Gasteiger partial charge in [-0.2, -0.15) is 0 Å². The predicted molar refractivity (Wildman–Crippen MR) is 104 cm³/mol. The Hall–Kier alpha value is -3.15. The van der Waals surface area contributed by atoms with E-state index in [4.69, 9.17) is 0 Å². The first kappa shape index (κ1) is 17.3. The predicted octanol–water partition coefficient (Wildman–Crippen LogP) is 2.47. The number of amides is 1. The Labute approximate surface area is 156 Å². The third-order valence-corrected chi connectivity index (χ3v) is 5.43. The van der Waals surface area contributed by atoms with Crippen LogP contribution in [0, 0.1) is 0 Å². The zero-order chi connectivity index (χ0) is 19.1. The van der Waals surface area contributed by atoms with Crippen molar-refractivity contribution in [1.29, 1.82) is 0 Å². The van der Waals surface area contributed by atoms with Crippen molar-refractivity contribution >= 4 is 16.8 Å². The topological polar surface area (TPSA) is 75.2 Å². The number of hydrogen-bond donors (Lipinski definition) is 1. The van der Waals surface area contributed by atoms with Gasteiger partial charge in [0.15, 0.2) is 0 Å². The lowest BCUT2D eigenvalue weighted by Gasteiger charge is -2.25. The minimum Gasteiger partial charge on any atom is -0.335 e. The van der Waals surface area contributed by atoms with Crippen molar-refractivity contribution in [3.05, 3.63) is 80.0 Å². The van der Waals surface area contributed by atoms with Crippen LogP contribution in [0.5, 0.6) is 0 Å².